The maximum atomic E-state index is 12.5. The number of nitrogens with zero attached hydrogens (tertiary/aromatic N) is 1. The molecular weight excluding hydrogens is 290 g/mol. The Kier molecular flexibility index (Phi) is 6.31. The van der Waals surface area contributed by atoms with E-state index >= 15 is 0 Å². The third kappa shape index (κ3) is 5.45. The molecule has 2 rings (SSSR count). The van der Waals surface area contributed by atoms with Crippen molar-refractivity contribution in [3.05, 3.63) is 23.8 Å². The summed E-state index contributed by atoms with van der Waals surface area (Å²) in [6, 6.07) is 5.96. The van der Waals surface area contributed by atoms with Gasteiger partial charge >= 0.3 is 0 Å². The summed E-state index contributed by atoms with van der Waals surface area (Å²) in [6.07, 6.45) is 1.28. The third-order valence-electron chi connectivity index (χ3n) is 3.76. The first kappa shape index (κ1) is 17.6. The molecule has 1 amide bonds. The Labute approximate surface area is 139 Å². The van der Waals surface area contributed by atoms with Crippen molar-refractivity contribution < 1.29 is 14.3 Å². The lowest BCUT2D eigenvalue weighted by Crippen LogP contribution is -2.37. The third-order valence-corrected chi connectivity index (χ3v) is 3.76. The van der Waals surface area contributed by atoms with Crippen molar-refractivity contribution >= 4 is 5.91 Å². The van der Waals surface area contributed by atoms with E-state index in [2.05, 4.69) is 27.7 Å². The molecular formula is C19H29NO3. The number of fused-ring (bicyclic) bond motifs is 1. The van der Waals surface area contributed by atoms with E-state index < -0.39 is 0 Å². The first-order valence-electron chi connectivity index (χ1n) is 8.62. The highest BCUT2D eigenvalue weighted by Gasteiger charge is 2.17. The second kappa shape index (κ2) is 8.23. The van der Waals surface area contributed by atoms with Crippen molar-refractivity contribution in [3.63, 3.8) is 0 Å². The second-order valence-electron chi connectivity index (χ2n) is 7.06. The number of ether oxygens (including phenoxy) is 2. The molecule has 1 aromatic rings. The van der Waals surface area contributed by atoms with E-state index in [0.717, 1.165) is 36.6 Å². The minimum atomic E-state index is 0.238. The van der Waals surface area contributed by atoms with Gasteiger partial charge in [-0.3, -0.25) is 4.79 Å². The van der Waals surface area contributed by atoms with E-state index in [9.17, 15) is 4.79 Å². The molecule has 1 aromatic carbocycles. The van der Waals surface area contributed by atoms with Gasteiger partial charge in [0, 0.05) is 19.5 Å². The summed E-state index contributed by atoms with van der Waals surface area (Å²) in [5.74, 6) is 2.82. The van der Waals surface area contributed by atoms with Gasteiger partial charge in [0.2, 0.25) is 5.91 Å². The van der Waals surface area contributed by atoms with Gasteiger partial charge < -0.3 is 14.4 Å². The van der Waals surface area contributed by atoms with Gasteiger partial charge in [-0.15, -0.1) is 0 Å². The Balaban J connectivity index is 1.93. The van der Waals surface area contributed by atoms with Crippen LogP contribution in [0.4, 0.5) is 0 Å². The summed E-state index contributed by atoms with van der Waals surface area (Å²) in [7, 11) is 0. The van der Waals surface area contributed by atoms with Crippen molar-refractivity contribution in [3.8, 4) is 11.5 Å². The summed E-state index contributed by atoms with van der Waals surface area (Å²) in [5.41, 5.74) is 1.12. The van der Waals surface area contributed by atoms with E-state index in [0.29, 0.717) is 31.5 Å². The molecule has 0 radical (unpaired) electrons. The fourth-order valence-corrected chi connectivity index (χ4v) is 2.81. The minimum absolute atomic E-state index is 0.238. The molecule has 4 heteroatoms. The predicted octanol–water partition coefficient (Wildman–Crippen LogP) is 3.53. The van der Waals surface area contributed by atoms with Crippen molar-refractivity contribution in [2.75, 3.05) is 26.3 Å². The Morgan fingerprint density at radius 2 is 1.65 bits per heavy atom. The van der Waals surface area contributed by atoms with Crippen LogP contribution in [0.25, 0.3) is 0 Å². The molecule has 0 aromatic heterocycles. The number of amides is 1. The second-order valence-corrected chi connectivity index (χ2v) is 7.06. The SMILES string of the molecule is CC(C)CN(CC(C)C)C(=O)CCc1ccc2c(c1)OCCO2. The van der Waals surface area contributed by atoms with E-state index in [1.165, 1.54) is 0 Å². The highest BCUT2D eigenvalue weighted by Crippen LogP contribution is 2.31. The van der Waals surface area contributed by atoms with Gasteiger partial charge in [0.05, 0.1) is 0 Å². The van der Waals surface area contributed by atoms with Gasteiger partial charge in [0.25, 0.3) is 0 Å². The molecule has 1 heterocycles. The molecule has 128 valence electrons. The summed E-state index contributed by atoms with van der Waals surface area (Å²) >= 11 is 0. The van der Waals surface area contributed by atoms with E-state index in [4.69, 9.17) is 9.47 Å². The quantitative estimate of drug-likeness (QED) is 0.772. The number of benzene rings is 1. The maximum absolute atomic E-state index is 12.5. The Morgan fingerprint density at radius 1 is 1.04 bits per heavy atom. The van der Waals surface area contributed by atoms with Gasteiger partial charge in [-0.25, -0.2) is 0 Å². The van der Waals surface area contributed by atoms with Crippen molar-refractivity contribution in [1.29, 1.82) is 0 Å². The standard InChI is InChI=1S/C19H29NO3/c1-14(2)12-20(13-15(3)4)19(21)8-6-16-5-7-17-18(11-16)23-10-9-22-17/h5,7,11,14-15H,6,8-10,12-13H2,1-4H3. The molecule has 0 saturated carbocycles. The highest BCUT2D eigenvalue weighted by atomic mass is 16.6. The summed E-state index contributed by atoms with van der Waals surface area (Å²) in [4.78, 5) is 14.6. The molecule has 1 aliphatic heterocycles. The molecule has 0 bridgehead atoms. The zero-order valence-corrected chi connectivity index (χ0v) is 14.8. The van der Waals surface area contributed by atoms with Crippen LogP contribution in [0, 0.1) is 11.8 Å². The first-order valence-corrected chi connectivity index (χ1v) is 8.62. The number of hydrogen-bond donors (Lipinski definition) is 0. The average molecular weight is 319 g/mol. The van der Waals surface area contributed by atoms with Crippen molar-refractivity contribution in [2.45, 2.75) is 40.5 Å². The number of hydrogen-bond acceptors (Lipinski definition) is 3. The molecule has 0 saturated heterocycles. The van der Waals surface area contributed by atoms with E-state index in [1.54, 1.807) is 0 Å². The Hall–Kier alpha value is -1.71. The Bertz CT molecular complexity index is 515. The molecule has 23 heavy (non-hydrogen) atoms. The van der Waals surface area contributed by atoms with Crippen LogP contribution < -0.4 is 9.47 Å². The van der Waals surface area contributed by atoms with Crippen LogP contribution in [-0.2, 0) is 11.2 Å². The van der Waals surface area contributed by atoms with E-state index in [-0.39, 0.29) is 5.91 Å². The fourth-order valence-electron chi connectivity index (χ4n) is 2.81. The zero-order valence-electron chi connectivity index (χ0n) is 14.8. The molecule has 0 spiro atoms. The van der Waals surface area contributed by atoms with Crippen LogP contribution in [0.3, 0.4) is 0 Å². The molecule has 4 nitrogen and oxygen atoms in total. The lowest BCUT2D eigenvalue weighted by atomic mass is 10.1. The van der Waals surface area contributed by atoms with Gasteiger partial charge in [-0.2, -0.15) is 0 Å². The lowest BCUT2D eigenvalue weighted by Gasteiger charge is -2.26. The largest absolute Gasteiger partial charge is 0.486 e. The van der Waals surface area contributed by atoms with Gasteiger partial charge in [0.15, 0.2) is 11.5 Å². The number of carbonyl (C=O) groups excluding carboxylic acids is 1. The van der Waals surface area contributed by atoms with Gasteiger partial charge in [0.1, 0.15) is 13.2 Å². The van der Waals surface area contributed by atoms with Crippen LogP contribution in [0.2, 0.25) is 0 Å². The number of aryl methyl sites for hydroxylation is 1. The normalized spacial score (nSPS) is 13.5. The molecule has 0 aliphatic carbocycles. The zero-order chi connectivity index (χ0) is 16.8. The van der Waals surface area contributed by atoms with Crippen molar-refractivity contribution in [1.82, 2.24) is 4.90 Å². The average Bonchev–Trinajstić information content (AvgIpc) is 2.51. The topological polar surface area (TPSA) is 38.8 Å². The first-order chi connectivity index (χ1) is 11.0. The molecule has 1 aliphatic rings. The summed E-state index contributed by atoms with van der Waals surface area (Å²) in [6.45, 7) is 11.5. The molecule has 0 unspecified atom stereocenters. The van der Waals surface area contributed by atoms with Crippen LogP contribution in [-0.4, -0.2) is 37.1 Å². The van der Waals surface area contributed by atoms with Crippen molar-refractivity contribution in [2.24, 2.45) is 11.8 Å². The smallest absolute Gasteiger partial charge is 0.222 e. The molecule has 0 fully saturated rings. The summed E-state index contributed by atoms with van der Waals surface area (Å²) < 4.78 is 11.1. The number of rotatable bonds is 7. The minimum Gasteiger partial charge on any atom is -0.486 e. The van der Waals surface area contributed by atoms with Crippen LogP contribution >= 0.6 is 0 Å². The van der Waals surface area contributed by atoms with Crippen LogP contribution in [0.5, 0.6) is 11.5 Å². The maximum Gasteiger partial charge on any atom is 0.222 e. The summed E-state index contributed by atoms with van der Waals surface area (Å²) in [5, 5.41) is 0. The Morgan fingerprint density at radius 3 is 2.26 bits per heavy atom. The fraction of sp³-hybridized carbons (Fsp3) is 0.632. The van der Waals surface area contributed by atoms with Gasteiger partial charge in [-0.05, 0) is 36.0 Å². The number of carbonyl (C=O) groups is 1. The molecule has 0 N–H and O–H groups in total. The lowest BCUT2D eigenvalue weighted by molar-refractivity contribution is -0.132. The highest BCUT2D eigenvalue weighted by molar-refractivity contribution is 5.76. The monoisotopic (exact) mass is 319 g/mol. The molecule has 0 atom stereocenters. The van der Waals surface area contributed by atoms with Gasteiger partial charge in [-0.1, -0.05) is 33.8 Å². The predicted molar refractivity (Wildman–Crippen MR) is 92.0 cm³/mol. The van der Waals surface area contributed by atoms with E-state index in [1.807, 2.05) is 23.1 Å². The van der Waals surface area contributed by atoms with Crippen LogP contribution in [0.15, 0.2) is 18.2 Å². The van der Waals surface area contributed by atoms with Crippen LogP contribution in [0.1, 0.15) is 39.7 Å².